The first-order valence-corrected chi connectivity index (χ1v) is 8.54. The van der Waals surface area contributed by atoms with Gasteiger partial charge >= 0.3 is 0 Å². The molecule has 20 heavy (non-hydrogen) atoms. The molecule has 0 aromatic heterocycles. The van der Waals surface area contributed by atoms with Crippen LogP contribution < -0.4 is 0 Å². The molecule has 0 heterocycles. The lowest BCUT2D eigenvalue weighted by atomic mass is 9.91. The van der Waals surface area contributed by atoms with Crippen molar-refractivity contribution in [1.29, 1.82) is 0 Å². The molecule has 4 heteroatoms. The fourth-order valence-electron chi connectivity index (χ4n) is 2.77. The number of halogens is 1. The van der Waals surface area contributed by atoms with Crippen molar-refractivity contribution in [3.63, 3.8) is 0 Å². The minimum Gasteiger partial charge on any atom is -0.507 e. The van der Waals surface area contributed by atoms with E-state index < -0.39 is 0 Å². The summed E-state index contributed by atoms with van der Waals surface area (Å²) in [6.45, 7) is 3.75. The molecule has 2 nitrogen and oxygen atoms in total. The van der Waals surface area contributed by atoms with Gasteiger partial charge in [0.15, 0.2) is 5.78 Å². The highest BCUT2D eigenvalue weighted by Crippen LogP contribution is 2.36. The Kier molecular flexibility index (Phi) is 5.39. The molecule has 1 N–H and O–H groups in total. The average molecular weight is 313 g/mol. The summed E-state index contributed by atoms with van der Waals surface area (Å²) < 4.78 is 0. The third-order valence-electron chi connectivity index (χ3n) is 3.90. The molecule has 1 aliphatic rings. The van der Waals surface area contributed by atoms with E-state index in [2.05, 4.69) is 6.92 Å². The SMILES string of the molecule is CC(=O)c1cc(Cl)cc(CSC2CCCC(C)C2)c1O. The van der Waals surface area contributed by atoms with E-state index in [0.717, 1.165) is 11.5 Å². The smallest absolute Gasteiger partial charge is 0.163 e. The van der Waals surface area contributed by atoms with E-state index in [1.54, 1.807) is 6.07 Å². The van der Waals surface area contributed by atoms with Crippen molar-refractivity contribution in [2.24, 2.45) is 5.92 Å². The monoisotopic (exact) mass is 312 g/mol. The quantitative estimate of drug-likeness (QED) is 0.789. The van der Waals surface area contributed by atoms with Gasteiger partial charge in [0, 0.05) is 21.6 Å². The van der Waals surface area contributed by atoms with Crippen molar-refractivity contribution >= 4 is 29.1 Å². The third kappa shape index (κ3) is 3.92. The Morgan fingerprint density at radius 2 is 2.20 bits per heavy atom. The van der Waals surface area contributed by atoms with Crippen molar-refractivity contribution in [3.05, 3.63) is 28.3 Å². The van der Waals surface area contributed by atoms with Crippen molar-refractivity contribution in [1.82, 2.24) is 0 Å². The number of thioether (sulfide) groups is 1. The van der Waals surface area contributed by atoms with Crippen LogP contribution in [0.5, 0.6) is 5.75 Å². The van der Waals surface area contributed by atoms with E-state index >= 15 is 0 Å². The van der Waals surface area contributed by atoms with Crippen LogP contribution in [-0.2, 0) is 5.75 Å². The predicted octanol–water partition coefficient (Wildman–Crippen LogP) is 5.06. The van der Waals surface area contributed by atoms with Crippen LogP contribution in [0.25, 0.3) is 0 Å². The van der Waals surface area contributed by atoms with Gasteiger partial charge in [-0.3, -0.25) is 4.79 Å². The van der Waals surface area contributed by atoms with Crippen LogP contribution >= 0.6 is 23.4 Å². The fourth-order valence-corrected chi connectivity index (χ4v) is 4.45. The maximum absolute atomic E-state index is 11.5. The molecular formula is C16H21ClO2S. The molecule has 0 aliphatic heterocycles. The molecule has 1 fully saturated rings. The van der Waals surface area contributed by atoms with Gasteiger partial charge in [0.25, 0.3) is 0 Å². The third-order valence-corrected chi connectivity index (χ3v) is 5.49. The normalized spacial score (nSPS) is 22.8. The maximum Gasteiger partial charge on any atom is 0.163 e. The maximum atomic E-state index is 11.5. The number of Topliss-reactive ketones (excluding diaryl/α,β-unsaturated/α-hetero) is 1. The standard InChI is InChI=1S/C16H21ClO2S/c1-10-4-3-5-14(6-10)20-9-12-7-13(17)8-15(11(2)18)16(12)19/h7-8,10,14,19H,3-6,9H2,1-2H3. The first kappa shape index (κ1) is 15.7. The number of carbonyl (C=O) groups excluding carboxylic acids is 1. The predicted molar refractivity (Wildman–Crippen MR) is 85.8 cm³/mol. The van der Waals surface area contributed by atoms with Crippen molar-refractivity contribution in [2.45, 2.75) is 50.5 Å². The molecule has 0 radical (unpaired) electrons. The van der Waals surface area contributed by atoms with E-state index in [9.17, 15) is 9.90 Å². The fraction of sp³-hybridized carbons (Fsp3) is 0.562. The van der Waals surface area contributed by atoms with Crippen LogP contribution in [0.4, 0.5) is 0 Å². The zero-order valence-electron chi connectivity index (χ0n) is 12.0. The number of aromatic hydroxyl groups is 1. The Bertz CT molecular complexity index is 501. The van der Waals surface area contributed by atoms with Gasteiger partial charge in [0.05, 0.1) is 5.56 Å². The summed E-state index contributed by atoms with van der Waals surface area (Å²) in [4.78, 5) is 11.5. The zero-order chi connectivity index (χ0) is 14.7. The van der Waals surface area contributed by atoms with Crippen molar-refractivity contribution in [3.8, 4) is 5.75 Å². The molecule has 0 spiro atoms. The molecule has 0 bridgehead atoms. The summed E-state index contributed by atoms with van der Waals surface area (Å²) in [6.07, 6.45) is 5.11. The van der Waals surface area contributed by atoms with Crippen LogP contribution in [-0.4, -0.2) is 16.1 Å². The molecule has 1 aromatic rings. The molecule has 1 aromatic carbocycles. The minimum absolute atomic E-state index is 0.0956. The second-order valence-corrected chi connectivity index (χ2v) is 7.45. The first-order chi connectivity index (χ1) is 9.47. The number of hydrogen-bond donors (Lipinski definition) is 1. The van der Waals surface area contributed by atoms with Gasteiger partial charge in [-0.1, -0.05) is 31.4 Å². The summed E-state index contributed by atoms with van der Waals surface area (Å²) >= 11 is 7.91. The largest absolute Gasteiger partial charge is 0.507 e. The minimum atomic E-state index is -0.150. The molecule has 1 saturated carbocycles. The van der Waals surface area contributed by atoms with Gasteiger partial charge in [-0.25, -0.2) is 0 Å². The lowest BCUT2D eigenvalue weighted by molar-refractivity contribution is 0.101. The van der Waals surface area contributed by atoms with Gasteiger partial charge in [-0.15, -0.1) is 0 Å². The summed E-state index contributed by atoms with van der Waals surface area (Å²) in [7, 11) is 0. The lowest BCUT2D eigenvalue weighted by Crippen LogP contribution is -2.15. The van der Waals surface area contributed by atoms with Crippen LogP contribution in [0.15, 0.2) is 12.1 Å². The van der Waals surface area contributed by atoms with Gasteiger partial charge in [0.1, 0.15) is 5.75 Å². The Morgan fingerprint density at radius 1 is 1.45 bits per heavy atom. The number of benzene rings is 1. The van der Waals surface area contributed by atoms with Gasteiger partial charge < -0.3 is 5.11 Å². The number of ketones is 1. The number of carbonyl (C=O) groups is 1. The second kappa shape index (κ2) is 6.86. The Hall–Kier alpha value is -0.670. The zero-order valence-corrected chi connectivity index (χ0v) is 13.6. The Labute approximate surface area is 129 Å². The van der Waals surface area contributed by atoms with E-state index in [0.29, 0.717) is 21.6 Å². The molecule has 0 amide bonds. The highest BCUT2D eigenvalue weighted by Gasteiger charge is 2.20. The lowest BCUT2D eigenvalue weighted by Gasteiger charge is -2.26. The average Bonchev–Trinajstić information content (AvgIpc) is 2.39. The van der Waals surface area contributed by atoms with Crippen LogP contribution in [0, 0.1) is 5.92 Å². The Balaban J connectivity index is 2.07. The molecule has 1 aliphatic carbocycles. The number of rotatable bonds is 4. The molecular weight excluding hydrogens is 292 g/mol. The summed E-state index contributed by atoms with van der Waals surface area (Å²) in [6, 6.07) is 3.30. The van der Waals surface area contributed by atoms with E-state index in [-0.39, 0.29) is 11.5 Å². The molecule has 110 valence electrons. The second-order valence-electron chi connectivity index (χ2n) is 5.72. The number of hydrogen-bond acceptors (Lipinski definition) is 3. The molecule has 2 unspecified atom stereocenters. The van der Waals surface area contributed by atoms with Gasteiger partial charge in [0.2, 0.25) is 0 Å². The van der Waals surface area contributed by atoms with Crippen LogP contribution in [0.3, 0.4) is 0 Å². The van der Waals surface area contributed by atoms with Crippen molar-refractivity contribution in [2.75, 3.05) is 0 Å². The van der Waals surface area contributed by atoms with Crippen LogP contribution in [0.1, 0.15) is 55.5 Å². The summed E-state index contributed by atoms with van der Waals surface area (Å²) in [5.41, 5.74) is 1.09. The topological polar surface area (TPSA) is 37.3 Å². The van der Waals surface area contributed by atoms with E-state index in [4.69, 9.17) is 11.6 Å². The van der Waals surface area contributed by atoms with Crippen molar-refractivity contribution < 1.29 is 9.90 Å². The van der Waals surface area contributed by atoms with E-state index in [1.807, 2.05) is 11.8 Å². The summed E-state index contributed by atoms with van der Waals surface area (Å²) in [5, 5.41) is 11.3. The highest BCUT2D eigenvalue weighted by molar-refractivity contribution is 7.99. The Morgan fingerprint density at radius 3 is 2.85 bits per heavy atom. The van der Waals surface area contributed by atoms with Gasteiger partial charge in [-0.2, -0.15) is 11.8 Å². The highest BCUT2D eigenvalue weighted by atomic mass is 35.5. The molecule has 2 rings (SSSR count). The van der Waals surface area contributed by atoms with Crippen LogP contribution in [0.2, 0.25) is 5.02 Å². The molecule has 2 atom stereocenters. The number of phenolic OH excluding ortho intramolecular Hbond substituents is 1. The molecule has 0 saturated heterocycles. The summed E-state index contributed by atoms with van der Waals surface area (Å²) in [5.74, 6) is 1.45. The first-order valence-electron chi connectivity index (χ1n) is 7.11. The van der Waals surface area contributed by atoms with E-state index in [1.165, 1.54) is 38.7 Å². The number of phenols is 1. The van der Waals surface area contributed by atoms with Gasteiger partial charge in [-0.05, 0) is 37.8 Å².